The molecule has 5 heteroatoms. The monoisotopic (exact) mass is 299 g/mol. The predicted octanol–water partition coefficient (Wildman–Crippen LogP) is 3.81. The minimum atomic E-state index is -1.13. The standard InChI is InChI=1S/C16H29NO4/c1-12(2)17(14(20)21-15(3,4)5)16(13(18)19)10-8-6-7-9-11-16/h12H,6-11H2,1-5H3,(H,18,19). The number of aliphatic carboxylic acids is 1. The summed E-state index contributed by atoms with van der Waals surface area (Å²) in [5, 5.41) is 9.83. The fourth-order valence-corrected chi connectivity index (χ4v) is 3.06. The molecule has 0 heterocycles. The Bertz CT molecular complexity index is 376. The van der Waals surface area contributed by atoms with E-state index in [1.165, 1.54) is 4.90 Å². The van der Waals surface area contributed by atoms with Gasteiger partial charge in [0.1, 0.15) is 11.1 Å². The number of rotatable bonds is 3. The zero-order valence-electron chi connectivity index (χ0n) is 13.9. The van der Waals surface area contributed by atoms with Gasteiger partial charge < -0.3 is 9.84 Å². The molecule has 0 aliphatic heterocycles. The van der Waals surface area contributed by atoms with Crippen LogP contribution in [-0.2, 0) is 9.53 Å². The average Bonchev–Trinajstić information content (AvgIpc) is 2.52. The third kappa shape index (κ3) is 4.35. The minimum absolute atomic E-state index is 0.214. The molecule has 0 aromatic rings. The molecule has 0 radical (unpaired) electrons. The fraction of sp³-hybridized carbons (Fsp3) is 0.875. The fourth-order valence-electron chi connectivity index (χ4n) is 3.06. The highest BCUT2D eigenvalue weighted by Crippen LogP contribution is 2.35. The van der Waals surface area contributed by atoms with Gasteiger partial charge in [0.2, 0.25) is 0 Å². The van der Waals surface area contributed by atoms with Crippen molar-refractivity contribution in [3.05, 3.63) is 0 Å². The van der Waals surface area contributed by atoms with E-state index in [2.05, 4.69) is 0 Å². The number of carboxylic acid groups (broad SMARTS) is 1. The van der Waals surface area contributed by atoms with Crippen LogP contribution in [0.15, 0.2) is 0 Å². The Labute approximate surface area is 127 Å². The number of carbonyl (C=O) groups excluding carboxylic acids is 1. The second-order valence-corrected chi connectivity index (χ2v) is 7.20. The molecule has 0 aromatic carbocycles. The Kier molecular flexibility index (Phi) is 5.65. The van der Waals surface area contributed by atoms with Gasteiger partial charge in [0.25, 0.3) is 0 Å². The molecule has 122 valence electrons. The maximum atomic E-state index is 12.6. The van der Waals surface area contributed by atoms with E-state index in [0.717, 1.165) is 25.7 Å². The first-order chi connectivity index (χ1) is 9.60. The maximum Gasteiger partial charge on any atom is 0.411 e. The van der Waals surface area contributed by atoms with Gasteiger partial charge in [0.05, 0.1) is 0 Å². The van der Waals surface area contributed by atoms with E-state index in [1.54, 1.807) is 20.8 Å². The van der Waals surface area contributed by atoms with Gasteiger partial charge >= 0.3 is 12.1 Å². The van der Waals surface area contributed by atoms with E-state index in [9.17, 15) is 14.7 Å². The van der Waals surface area contributed by atoms with E-state index < -0.39 is 23.2 Å². The van der Waals surface area contributed by atoms with Gasteiger partial charge in [-0.3, -0.25) is 4.90 Å². The van der Waals surface area contributed by atoms with Gasteiger partial charge in [-0.25, -0.2) is 9.59 Å². The Balaban J connectivity index is 3.14. The molecule has 1 saturated carbocycles. The van der Waals surface area contributed by atoms with Gasteiger partial charge in [0, 0.05) is 6.04 Å². The van der Waals surface area contributed by atoms with E-state index in [0.29, 0.717) is 12.8 Å². The zero-order valence-corrected chi connectivity index (χ0v) is 13.9. The van der Waals surface area contributed by atoms with Crippen molar-refractivity contribution >= 4 is 12.1 Å². The summed E-state index contributed by atoms with van der Waals surface area (Å²) in [7, 11) is 0. The molecule has 1 rings (SSSR count). The number of carbonyl (C=O) groups is 2. The summed E-state index contributed by atoms with van der Waals surface area (Å²) in [6.45, 7) is 9.08. The molecular formula is C16H29NO4. The summed E-state index contributed by atoms with van der Waals surface area (Å²) in [5.41, 5.74) is -1.76. The molecule has 1 aliphatic carbocycles. The molecule has 5 nitrogen and oxygen atoms in total. The highest BCUT2D eigenvalue weighted by atomic mass is 16.6. The second kappa shape index (κ2) is 6.67. The highest BCUT2D eigenvalue weighted by molar-refractivity contribution is 5.84. The van der Waals surface area contributed by atoms with Crippen LogP contribution in [0.4, 0.5) is 4.79 Å². The van der Waals surface area contributed by atoms with E-state index in [1.807, 2.05) is 13.8 Å². The smallest absolute Gasteiger partial charge is 0.411 e. The summed E-state index contributed by atoms with van der Waals surface area (Å²) in [4.78, 5) is 26.0. The SMILES string of the molecule is CC(C)N(C(=O)OC(C)(C)C)C1(C(=O)O)CCCCCC1. The van der Waals surface area contributed by atoms with Gasteiger partial charge in [-0.05, 0) is 47.5 Å². The van der Waals surface area contributed by atoms with Crippen LogP contribution in [0.1, 0.15) is 73.1 Å². The third-order valence-electron chi connectivity index (χ3n) is 3.90. The third-order valence-corrected chi connectivity index (χ3v) is 3.90. The van der Waals surface area contributed by atoms with Crippen molar-refractivity contribution in [3.8, 4) is 0 Å². The lowest BCUT2D eigenvalue weighted by Crippen LogP contribution is -2.60. The molecule has 1 amide bonds. The van der Waals surface area contributed by atoms with Crippen molar-refractivity contribution in [1.82, 2.24) is 4.90 Å². The largest absolute Gasteiger partial charge is 0.479 e. The molecule has 21 heavy (non-hydrogen) atoms. The summed E-state index contributed by atoms with van der Waals surface area (Å²) in [6.07, 6.45) is 4.18. The van der Waals surface area contributed by atoms with E-state index in [-0.39, 0.29) is 6.04 Å². The number of nitrogens with zero attached hydrogens (tertiary/aromatic N) is 1. The van der Waals surface area contributed by atoms with Crippen LogP contribution >= 0.6 is 0 Å². The Hall–Kier alpha value is -1.26. The van der Waals surface area contributed by atoms with Crippen molar-refractivity contribution in [2.75, 3.05) is 0 Å². The second-order valence-electron chi connectivity index (χ2n) is 7.20. The van der Waals surface area contributed by atoms with Crippen molar-refractivity contribution in [3.63, 3.8) is 0 Å². The van der Waals surface area contributed by atoms with E-state index >= 15 is 0 Å². The van der Waals surface area contributed by atoms with E-state index in [4.69, 9.17) is 4.74 Å². The van der Waals surface area contributed by atoms with Crippen LogP contribution in [0.5, 0.6) is 0 Å². The highest BCUT2D eigenvalue weighted by Gasteiger charge is 2.48. The zero-order chi connectivity index (χ0) is 16.3. The summed E-state index contributed by atoms with van der Waals surface area (Å²) < 4.78 is 5.45. The summed E-state index contributed by atoms with van der Waals surface area (Å²) in [6, 6.07) is -0.214. The van der Waals surface area contributed by atoms with Crippen molar-refractivity contribution in [2.24, 2.45) is 0 Å². The normalized spacial score (nSPS) is 19.0. The first-order valence-corrected chi connectivity index (χ1v) is 7.86. The van der Waals surface area contributed by atoms with Crippen molar-refractivity contribution in [1.29, 1.82) is 0 Å². The van der Waals surface area contributed by atoms with Gasteiger partial charge in [-0.2, -0.15) is 0 Å². The number of hydrogen-bond acceptors (Lipinski definition) is 3. The number of ether oxygens (including phenoxy) is 1. The van der Waals surface area contributed by atoms with Crippen LogP contribution in [-0.4, -0.2) is 39.3 Å². The van der Waals surface area contributed by atoms with Gasteiger partial charge in [-0.1, -0.05) is 25.7 Å². The summed E-state index contributed by atoms with van der Waals surface area (Å²) in [5.74, 6) is -0.913. The average molecular weight is 299 g/mol. The van der Waals surface area contributed by atoms with Crippen LogP contribution in [0, 0.1) is 0 Å². The first-order valence-electron chi connectivity index (χ1n) is 7.86. The van der Waals surface area contributed by atoms with Crippen LogP contribution in [0.25, 0.3) is 0 Å². The van der Waals surface area contributed by atoms with Crippen LogP contribution in [0.3, 0.4) is 0 Å². The molecule has 0 spiro atoms. The topological polar surface area (TPSA) is 66.8 Å². The van der Waals surface area contributed by atoms with Crippen molar-refractivity contribution < 1.29 is 19.4 Å². The van der Waals surface area contributed by atoms with Gasteiger partial charge in [-0.15, -0.1) is 0 Å². The molecule has 0 unspecified atom stereocenters. The molecule has 1 N–H and O–H groups in total. The minimum Gasteiger partial charge on any atom is -0.479 e. The molecule has 1 aliphatic rings. The lowest BCUT2D eigenvalue weighted by Gasteiger charge is -2.43. The molecular weight excluding hydrogens is 270 g/mol. The Morgan fingerprint density at radius 3 is 1.90 bits per heavy atom. The lowest BCUT2D eigenvalue weighted by atomic mass is 9.87. The quantitative estimate of drug-likeness (QED) is 0.805. The Morgan fingerprint density at radius 2 is 1.57 bits per heavy atom. The number of carboxylic acids is 1. The van der Waals surface area contributed by atoms with Crippen LogP contribution in [0.2, 0.25) is 0 Å². The molecule has 0 aromatic heterocycles. The first kappa shape index (κ1) is 17.8. The Morgan fingerprint density at radius 1 is 1.10 bits per heavy atom. The summed E-state index contributed by atoms with van der Waals surface area (Å²) >= 11 is 0. The lowest BCUT2D eigenvalue weighted by molar-refractivity contribution is -0.154. The molecule has 1 fully saturated rings. The number of amides is 1. The van der Waals surface area contributed by atoms with Crippen molar-refractivity contribution in [2.45, 2.75) is 90.3 Å². The predicted molar refractivity (Wildman–Crippen MR) is 81.3 cm³/mol. The van der Waals surface area contributed by atoms with Gasteiger partial charge in [0.15, 0.2) is 0 Å². The van der Waals surface area contributed by atoms with Crippen LogP contribution < -0.4 is 0 Å². The molecule has 0 atom stereocenters. The number of hydrogen-bond donors (Lipinski definition) is 1. The maximum absolute atomic E-state index is 12.6. The molecule has 0 saturated heterocycles. The molecule has 0 bridgehead atoms.